The third-order valence-corrected chi connectivity index (χ3v) is 8.98. The van der Waals surface area contributed by atoms with Crippen LogP contribution in [0.25, 0.3) is 10.8 Å². The van der Waals surface area contributed by atoms with Crippen LogP contribution < -0.4 is 15.4 Å². The second kappa shape index (κ2) is 12.5. The van der Waals surface area contributed by atoms with Crippen LogP contribution in [0.4, 0.5) is 4.79 Å². The van der Waals surface area contributed by atoms with Gasteiger partial charge in [-0.15, -0.1) is 6.58 Å². The topological polar surface area (TPSA) is 134 Å². The zero-order valence-electron chi connectivity index (χ0n) is 25.7. The van der Waals surface area contributed by atoms with Gasteiger partial charge in [0, 0.05) is 17.7 Å². The summed E-state index contributed by atoms with van der Waals surface area (Å²) in [5.74, 6) is -1.98. The maximum absolute atomic E-state index is 14.4. The molecule has 3 N–H and O–H groups in total. The second-order valence-electron chi connectivity index (χ2n) is 13.3. The normalized spacial score (nSPS) is 26.0. The first-order valence-corrected chi connectivity index (χ1v) is 15.5. The van der Waals surface area contributed by atoms with Gasteiger partial charge in [0.1, 0.15) is 35.1 Å². The molecule has 5 rings (SSSR count). The number of carboxylic acid groups (broad SMARTS) is 1. The predicted octanol–water partition coefficient (Wildman–Crippen LogP) is 4.81. The minimum absolute atomic E-state index is 0.102. The fourth-order valence-electron chi connectivity index (χ4n) is 6.63. The largest absolute Gasteiger partial charge is 0.488 e. The van der Waals surface area contributed by atoms with Crippen molar-refractivity contribution in [1.82, 2.24) is 15.5 Å². The Morgan fingerprint density at radius 3 is 2.43 bits per heavy atom. The number of alkyl carbamates (subject to hydrolysis) is 1. The number of nitrogens with one attached hydrogen (secondary N) is 2. The fraction of sp³-hybridized carbons (Fsp3) is 0.529. The molecule has 2 aliphatic carbocycles. The van der Waals surface area contributed by atoms with Gasteiger partial charge in [-0.3, -0.25) is 9.59 Å². The van der Waals surface area contributed by atoms with Crippen LogP contribution in [0, 0.1) is 11.8 Å². The van der Waals surface area contributed by atoms with Gasteiger partial charge in [0.15, 0.2) is 0 Å². The Morgan fingerprint density at radius 1 is 1.07 bits per heavy atom. The first-order chi connectivity index (χ1) is 20.9. The molecule has 1 heterocycles. The van der Waals surface area contributed by atoms with Gasteiger partial charge in [-0.05, 0) is 57.4 Å². The van der Waals surface area contributed by atoms with Crippen LogP contribution in [0.15, 0.2) is 55.1 Å². The molecule has 5 atom stereocenters. The molecule has 0 radical (unpaired) electrons. The summed E-state index contributed by atoms with van der Waals surface area (Å²) < 4.78 is 12.0. The van der Waals surface area contributed by atoms with Gasteiger partial charge in [-0.2, -0.15) is 0 Å². The van der Waals surface area contributed by atoms with Gasteiger partial charge >= 0.3 is 12.1 Å². The lowest BCUT2D eigenvalue weighted by molar-refractivity contribution is -0.146. The van der Waals surface area contributed by atoms with E-state index in [9.17, 15) is 24.3 Å². The van der Waals surface area contributed by atoms with Crippen molar-refractivity contribution in [2.24, 2.45) is 11.8 Å². The number of carbonyl (C=O) groups is 4. The number of carboxylic acids is 1. The number of ether oxygens (including phenoxy) is 2. The smallest absolute Gasteiger partial charge is 0.408 e. The summed E-state index contributed by atoms with van der Waals surface area (Å²) in [7, 11) is 0. The lowest BCUT2D eigenvalue weighted by Gasteiger charge is -2.35. The first-order valence-electron chi connectivity index (χ1n) is 15.5. The van der Waals surface area contributed by atoms with Crippen LogP contribution in [0.1, 0.15) is 65.7 Å². The van der Waals surface area contributed by atoms with E-state index in [1.807, 2.05) is 42.5 Å². The standard InChI is InChI=1S/C34H43N3O7/c1-5-23-19-34(23,31(40)41)36-29(38)26-18-24(43-27-17-11-15-21-12-9-10-16-25(21)27)20-37(26)30(39)28(22-13-7-6-8-14-22)35-32(42)44-33(2,3)4/h5,9-12,15-17,22-24,26,28H,1,6-8,13-14,18-20H2,2-4H3,(H,35,42)(H,36,38)(H,40,41)/t23-,24+,26-,28-,34?/m0/s1. The number of fused-ring (bicyclic) bond motifs is 1. The van der Waals surface area contributed by atoms with Gasteiger partial charge < -0.3 is 30.1 Å². The molecule has 3 amide bonds. The highest BCUT2D eigenvalue weighted by molar-refractivity contribution is 5.96. The lowest BCUT2D eigenvalue weighted by Crippen LogP contribution is -2.58. The van der Waals surface area contributed by atoms with Crippen molar-refractivity contribution < 1.29 is 33.8 Å². The van der Waals surface area contributed by atoms with Gasteiger partial charge in [-0.1, -0.05) is 61.7 Å². The number of hydrogen-bond donors (Lipinski definition) is 3. The summed E-state index contributed by atoms with van der Waals surface area (Å²) in [6.45, 7) is 9.08. The van der Waals surface area contributed by atoms with E-state index in [0.717, 1.165) is 42.9 Å². The summed E-state index contributed by atoms with van der Waals surface area (Å²) in [4.78, 5) is 54.8. The average molecular weight is 606 g/mol. The Hall–Kier alpha value is -4.08. The van der Waals surface area contributed by atoms with Crippen LogP contribution >= 0.6 is 0 Å². The molecule has 0 bridgehead atoms. The first kappa shape index (κ1) is 31.3. The van der Waals surface area contributed by atoms with Crippen LogP contribution in [-0.2, 0) is 19.1 Å². The number of nitrogens with zero attached hydrogens (tertiary/aromatic N) is 1. The van der Waals surface area contributed by atoms with Crippen LogP contribution in [0.2, 0.25) is 0 Å². The number of rotatable bonds is 9. The fourth-order valence-corrected chi connectivity index (χ4v) is 6.63. The van der Waals surface area contributed by atoms with Gasteiger partial charge in [-0.25, -0.2) is 9.59 Å². The Morgan fingerprint density at radius 2 is 1.77 bits per heavy atom. The molecule has 3 fully saturated rings. The molecule has 3 aliphatic rings. The Balaban J connectivity index is 1.43. The molecule has 2 saturated carbocycles. The molecule has 1 aliphatic heterocycles. The summed E-state index contributed by atoms with van der Waals surface area (Å²) in [6, 6.07) is 11.6. The minimum Gasteiger partial charge on any atom is -0.488 e. The molecule has 2 aromatic rings. The predicted molar refractivity (Wildman–Crippen MR) is 165 cm³/mol. The SMILES string of the molecule is C=C[C@H]1CC1(NC(=O)[C@@H]1C[C@@H](Oc2cccc3ccccc23)CN1C(=O)[C@@H](NC(=O)OC(C)(C)C)C1CCCCC1)C(=O)O. The van der Waals surface area contributed by atoms with E-state index in [1.165, 1.54) is 11.0 Å². The minimum atomic E-state index is -1.44. The molecular formula is C34H43N3O7. The van der Waals surface area contributed by atoms with E-state index >= 15 is 0 Å². The van der Waals surface area contributed by atoms with E-state index in [1.54, 1.807) is 20.8 Å². The Kier molecular flexibility index (Phi) is 8.90. The second-order valence-corrected chi connectivity index (χ2v) is 13.3. The Bertz CT molecular complexity index is 1420. The number of likely N-dealkylation sites (tertiary alicyclic amines) is 1. The number of carbonyl (C=O) groups excluding carboxylic acids is 3. The van der Waals surface area contributed by atoms with Crippen molar-refractivity contribution in [1.29, 1.82) is 0 Å². The highest BCUT2D eigenvalue weighted by Gasteiger charge is 2.61. The molecule has 0 spiro atoms. The highest BCUT2D eigenvalue weighted by Crippen LogP contribution is 2.45. The number of benzene rings is 2. The van der Waals surface area contributed by atoms with Crippen molar-refractivity contribution >= 4 is 34.6 Å². The third-order valence-electron chi connectivity index (χ3n) is 8.98. The molecule has 236 valence electrons. The molecule has 1 saturated heterocycles. The van der Waals surface area contributed by atoms with Gasteiger partial charge in [0.05, 0.1) is 6.54 Å². The summed E-state index contributed by atoms with van der Waals surface area (Å²) >= 11 is 0. The van der Waals surface area contributed by atoms with Crippen molar-refractivity contribution in [3.8, 4) is 5.75 Å². The summed E-state index contributed by atoms with van der Waals surface area (Å²) in [5.41, 5.74) is -2.20. The molecule has 10 nitrogen and oxygen atoms in total. The van der Waals surface area contributed by atoms with E-state index in [4.69, 9.17) is 9.47 Å². The van der Waals surface area contributed by atoms with Crippen molar-refractivity contribution in [3.63, 3.8) is 0 Å². The molecule has 44 heavy (non-hydrogen) atoms. The molecule has 10 heteroatoms. The maximum atomic E-state index is 14.4. The molecular weight excluding hydrogens is 562 g/mol. The van der Waals surface area contributed by atoms with E-state index in [2.05, 4.69) is 17.2 Å². The average Bonchev–Trinajstić information content (AvgIpc) is 3.55. The van der Waals surface area contributed by atoms with Crippen molar-refractivity contribution in [3.05, 3.63) is 55.1 Å². The molecule has 1 unspecified atom stereocenters. The number of amides is 3. The summed E-state index contributed by atoms with van der Waals surface area (Å²) in [5, 5.41) is 17.4. The monoisotopic (exact) mass is 605 g/mol. The van der Waals surface area contributed by atoms with Crippen molar-refractivity contribution in [2.45, 2.75) is 95.0 Å². The van der Waals surface area contributed by atoms with E-state index < -0.39 is 59.1 Å². The van der Waals surface area contributed by atoms with Crippen LogP contribution in [0.3, 0.4) is 0 Å². The summed E-state index contributed by atoms with van der Waals surface area (Å²) in [6.07, 6.45) is 5.15. The number of hydrogen-bond acceptors (Lipinski definition) is 6. The number of aliphatic carboxylic acids is 1. The zero-order valence-corrected chi connectivity index (χ0v) is 25.7. The zero-order chi connectivity index (χ0) is 31.6. The van der Waals surface area contributed by atoms with Gasteiger partial charge in [0.25, 0.3) is 0 Å². The quantitative estimate of drug-likeness (QED) is 0.350. The third kappa shape index (κ3) is 6.69. The molecule has 2 aromatic carbocycles. The van der Waals surface area contributed by atoms with Crippen LogP contribution in [0.5, 0.6) is 5.75 Å². The maximum Gasteiger partial charge on any atom is 0.408 e. The Labute approximate surface area is 258 Å². The van der Waals surface area contributed by atoms with Crippen LogP contribution in [-0.4, -0.2) is 69.8 Å². The van der Waals surface area contributed by atoms with Gasteiger partial charge in [0.2, 0.25) is 11.8 Å². The molecule has 0 aromatic heterocycles. The van der Waals surface area contributed by atoms with Crippen molar-refractivity contribution in [2.75, 3.05) is 6.54 Å². The highest BCUT2D eigenvalue weighted by atomic mass is 16.6. The lowest BCUT2D eigenvalue weighted by atomic mass is 9.83. The van der Waals surface area contributed by atoms with E-state index in [-0.39, 0.29) is 25.3 Å². The van der Waals surface area contributed by atoms with E-state index in [0.29, 0.717) is 5.75 Å².